The van der Waals surface area contributed by atoms with Crippen molar-refractivity contribution < 1.29 is 10.2 Å². The fourth-order valence-electron chi connectivity index (χ4n) is 3.32. The molecule has 2 rings (SSSR count). The van der Waals surface area contributed by atoms with Gasteiger partial charge < -0.3 is 10.2 Å². The van der Waals surface area contributed by atoms with E-state index in [1.807, 2.05) is 0 Å². The van der Waals surface area contributed by atoms with E-state index in [-0.39, 0.29) is 6.61 Å². The molecule has 0 amide bonds. The lowest BCUT2D eigenvalue weighted by Gasteiger charge is -2.47. The molecule has 3 unspecified atom stereocenters. The summed E-state index contributed by atoms with van der Waals surface area (Å²) in [6.07, 6.45) is 7.68. The van der Waals surface area contributed by atoms with Crippen molar-refractivity contribution in [3.05, 3.63) is 0 Å². The summed E-state index contributed by atoms with van der Waals surface area (Å²) in [7, 11) is 0. The summed E-state index contributed by atoms with van der Waals surface area (Å²) in [6.45, 7) is 0.271. The molecule has 2 nitrogen and oxygen atoms in total. The Bertz CT molecular complexity index is 177. The van der Waals surface area contributed by atoms with Gasteiger partial charge in [-0.05, 0) is 37.5 Å². The predicted molar refractivity (Wildman–Crippen MR) is 51.3 cm³/mol. The molecule has 2 heteroatoms. The molecule has 2 aliphatic rings. The van der Waals surface area contributed by atoms with Gasteiger partial charge in [0.1, 0.15) is 0 Å². The summed E-state index contributed by atoms with van der Waals surface area (Å²) in [6, 6.07) is 0. The van der Waals surface area contributed by atoms with Gasteiger partial charge >= 0.3 is 0 Å². The summed E-state index contributed by atoms with van der Waals surface area (Å²) in [5, 5.41) is 19.6. The number of rotatable bonds is 1. The minimum absolute atomic E-state index is 0.271. The molecule has 0 aromatic carbocycles. The average molecular weight is 184 g/mol. The first-order chi connectivity index (χ1) is 6.26. The van der Waals surface area contributed by atoms with Crippen molar-refractivity contribution in [1.29, 1.82) is 0 Å². The second-order valence-electron chi connectivity index (χ2n) is 4.79. The van der Waals surface area contributed by atoms with Crippen LogP contribution in [0.4, 0.5) is 0 Å². The van der Waals surface area contributed by atoms with Crippen LogP contribution in [0.3, 0.4) is 0 Å². The minimum Gasteiger partial charge on any atom is -0.396 e. The summed E-state index contributed by atoms with van der Waals surface area (Å²) in [5.74, 6) is 0.763. The highest BCUT2D eigenvalue weighted by atomic mass is 16.3. The van der Waals surface area contributed by atoms with Gasteiger partial charge in [0.15, 0.2) is 0 Å². The molecule has 0 aromatic heterocycles. The molecule has 0 aromatic rings. The van der Waals surface area contributed by atoms with Crippen LogP contribution in [0.1, 0.15) is 44.9 Å². The van der Waals surface area contributed by atoms with E-state index in [0.29, 0.717) is 11.8 Å². The molecule has 76 valence electrons. The normalized spacial score (nSPS) is 45.7. The first-order valence-electron chi connectivity index (χ1n) is 5.59. The quantitative estimate of drug-likeness (QED) is 0.651. The average Bonchev–Trinajstić information content (AvgIpc) is 2.15. The number of fused-ring (bicyclic) bond motifs is 1. The van der Waals surface area contributed by atoms with Crippen LogP contribution in [0, 0.1) is 11.8 Å². The van der Waals surface area contributed by atoms with Gasteiger partial charge in [0, 0.05) is 6.61 Å². The van der Waals surface area contributed by atoms with Crippen LogP contribution in [0.15, 0.2) is 0 Å². The third-order valence-corrected chi connectivity index (χ3v) is 4.05. The molecular formula is C11H20O2. The summed E-state index contributed by atoms with van der Waals surface area (Å²) >= 11 is 0. The van der Waals surface area contributed by atoms with E-state index in [2.05, 4.69) is 0 Å². The molecular weight excluding hydrogens is 164 g/mol. The lowest BCUT2D eigenvalue weighted by atomic mass is 9.63. The third-order valence-electron chi connectivity index (χ3n) is 4.05. The highest BCUT2D eigenvalue weighted by Crippen LogP contribution is 2.46. The Balaban J connectivity index is 2.11. The van der Waals surface area contributed by atoms with Crippen molar-refractivity contribution in [2.24, 2.45) is 11.8 Å². The smallest absolute Gasteiger partial charge is 0.0679 e. The van der Waals surface area contributed by atoms with Gasteiger partial charge in [-0.2, -0.15) is 0 Å². The van der Waals surface area contributed by atoms with E-state index in [9.17, 15) is 10.2 Å². The van der Waals surface area contributed by atoms with Crippen molar-refractivity contribution in [3.8, 4) is 0 Å². The Morgan fingerprint density at radius 3 is 2.62 bits per heavy atom. The number of aliphatic hydroxyl groups is 2. The van der Waals surface area contributed by atoms with Crippen molar-refractivity contribution in [1.82, 2.24) is 0 Å². The lowest BCUT2D eigenvalue weighted by Crippen LogP contribution is -2.48. The van der Waals surface area contributed by atoms with Crippen molar-refractivity contribution in [3.63, 3.8) is 0 Å². The molecule has 2 aliphatic carbocycles. The molecule has 2 saturated carbocycles. The summed E-state index contributed by atoms with van der Waals surface area (Å²) in [5.41, 5.74) is -0.413. The van der Waals surface area contributed by atoms with Crippen molar-refractivity contribution >= 4 is 0 Å². The Morgan fingerprint density at radius 1 is 1.08 bits per heavy atom. The molecule has 0 heterocycles. The fourth-order valence-corrected chi connectivity index (χ4v) is 3.32. The predicted octanol–water partition coefficient (Wildman–Crippen LogP) is 1.70. The summed E-state index contributed by atoms with van der Waals surface area (Å²) in [4.78, 5) is 0. The van der Waals surface area contributed by atoms with Gasteiger partial charge in [0.05, 0.1) is 5.60 Å². The molecule has 0 radical (unpaired) electrons. The Morgan fingerprint density at radius 2 is 1.85 bits per heavy atom. The maximum atomic E-state index is 10.4. The van der Waals surface area contributed by atoms with Crippen molar-refractivity contribution in [2.75, 3.05) is 6.61 Å². The first-order valence-corrected chi connectivity index (χ1v) is 5.59. The highest BCUT2D eigenvalue weighted by Gasteiger charge is 2.44. The second-order valence-corrected chi connectivity index (χ2v) is 4.79. The van der Waals surface area contributed by atoms with E-state index in [4.69, 9.17) is 0 Å². The zero-order valence-corrected chi connectivity index (χ0v) is 8.21. The summed E-state index contributed by atoms with van der Waals surface area (Å²) < 4.78 is 0. The van der Waals surface area contributed by atoms with E-state index in [1.54, 1.807) is 0 Å². The van der Waals surface area contributed by atoms with Crippen LogP contribution in [0.5, 0.6) is 0 Å². The second kappa shape index (κ2) is 3.58. The molecule has 0 spiro atoms. The molecule has 3 atom stereocenters. The number of hydrogen-bond acceptors (Lipinski definition) is 2. The third kappa shape index (κ3) is 1.62. The van der Waals surface area contributed by atoms with Gasteiger partial charge in [-0.25, -0.2) is 0 Å². The first kappa shape index (κ1) is 9.47. The van der Waals surface area contributed by atoms with Gasteiger partial charge in [-0.15, -0.1) is 0 Å². The van der Waals surface area contributed by atoms with Gasteiger partial charge in [0.25, 0.3) is 0 Å². The molecule has 2 fully saturated rings. The maximum Gasteiger partial charge on any atom is 0.0679 e. The van der Waals surface area contributed by atoms with Crippen molar-refractivity contribution in [2.45, 2.75) is 50.5 Å². The van der Waals surface area contributed by atoms with E-state index in [0.717, 1.165) is 32.1 Å². The van der Waals surface area contributed by atoms with Crippen LogP contribution in [-0.4, -0.2) is 22.4 Å². The largest absolute Gasteiger partial charge is 0.396 e. The Hall–Kier alpha value is -0.0800. The van der Waals surface area contributed by atoms with Crippen LogP contribution in [0.25, 0.3) is 0 Å². The highest BCUT2D eigenvalue weighted by molar-refractivity contribution is 4.96. The zero-order valence-electron chi connectivity index (χ0n) is 8.21. The van der Waals surface area contributed by atoms with Gasteiger partial charge in [-0.1, -0.05) is 19.3 Å². The number of aliphatic hydroxyl groups excluding tert-OH is 1. The van der Waals surface area contributed by atoms with Crippen LogP contribution in [-0.2, 0) is 0 Å². The molecule has 2 N–H and O–H groups in total. The van der Waals surface area contributed by atoms with Crippen LogP contribution in [0.2, 0.25) is 0 Å². The van der Waals surface area contributed by atoms with E-state index >= 15 is 0 Å². The Kier molecular flexibility index (Phi) is 2.61. The van der Waals surface area contributed by atoms with Gasteiger partial charge in [0.2, 0.25) is 0 Å². The fraction of sp³-hybridized carbons (Fsp3) is 1.00. The molecule has 0 bridgehead atoms. The van der Waals surface area contributed by atoms with E-state index < -0.39 is 5.60 Å². The topological polar surface area (TPSA) is 40.5 Å². The van der Waals surface area contributed by atoms with Crippen LogP contribution >= 0.6 is 0 Å². The zero-order chi connectivity index (χ0) is 9.31. The molecule has 0 aliphatic heterocycles. The minimum atomic E-state index is -0.413. The SMILES string of the molecule is OCC1CCCC2(O)CCCCC12. The number of hydrogen-bond donors (Lipinski definition) is 2. The molecule has 0 saturated heterocycles. The van der Waals surface area contributed by atoms with Gasteiger partial charge in [-0.3, -0.25) is 0 Å². The lowest BCUT2D eigenvalue weighted by molar-refractivity contribution is -0.107. The maximum absolute atomic E-state index is 10.4. The monoisotopic (exact) mass is 184 g/mol. The van der Waals surface area contributed by atoms with Crippen LogP contribution < -0.4 is 0 Å². The standard InChI is InChI=1S/C11H20O2/c12-8-9-4-3-7-11(13)6-2-1-5-10(9)11/h9-10,12-13H,1-8H2. The van der Waals surface area contributed by atoms with E-state index in [1.165, 1.54) is 12.8 Å². The molecule has 13 heavy (non-hydrogen) atoms. The Labute approximate surface area is 80.0 Å².